The standard InChI is InChI=1S/C70H38BN9O3/c1-4-20-49-46(17-1)72-67-75(52-23-7-10-26-55(52)78(49)67)39-31-33-42-60(35-39)83-61-36-40(76-53-24-8-11-27-56(53)79-50-21-5-2-18-47(50)73-68(76)79)32-34-43(61)70(42)44-15-13-29-58-64(44)71-65-45(70)16-14-30-59(65)82-63-38-41(37-62(81-58)66(63)71)77-54-25-9-12-28-57(54)80-51-22-6-3-19-48(51)74-69(77)80/h1-38H. The van der Waals surface area contributed by atoms with Crippen LogP contribution in [0.25, 0.3) is 101 Å². The number of benzene rings is 11. The minimum absolute atomic E-state index is 0.202. The predicted octanol–water partition coefficient (Wildman–Crippen LogP) is 13.5. The highest BCUT2D eigenvalue weighted by atomic mass is 16.5. The van der Waals surface area contributed by atoms with Gasteiger partial charge in [0.25, 0.3) is 6.71 Å². The molecule has 6 aromatic heterocycles. The fraction of sp³-hybridized carbons (Fsp3) is 0.0143. The molecule has 0 N–H and O–H groups in total. The Morgan fingerprint density at radius 2 is 0.627 bits per heavy atom. The quantitative estimate of drug-likeness (QED) is 0.164. The van der Waals surface area contributed by atoms with Crippen molar-refractivity contribution in [2.24, 2.45) is 0 Å². The lowest BCUT2D eigenvalue weighted by atomic mass is 9.29. The number of fused-ring (bicyclic) bond motifs is 21. The highest BCUT2D eigenvalue weighted by molar-refractivity contribution is 6.99. The maximum absolute atomic E-state index is 7.55. The summed E-state index contributed by atoms with van der Waals surface area (Å²) in [6, 6.07) is 81.7. The molecule has 10 heterocycles. The van der Waals surface area contributed by atoms with Crippen molar-refractivity contribution in [3.05, 3.63) is 253 Å². The zero-order valence-electron chi connectivity index (χ0n) is 43.8. The van der Waals surface area contributed by atoms with Gasteiger partial charge >= 0.3 is 0 Å². The van der Waals surface area contributed by atoms with Crippen LogP contribution in [0.15, 0.2) is 231 Å². The minimum Gasteiger partial charge on any atom is -0.458 e. The number of hydrogen-bond donors (Lipinski definition) is 0. The van der Waals surface area contributed by atoms with Gasteiger partial charge in [-0.1, -0.05) is 109 Å². The van der Waals surface area contributed by atoms with E-state index >= 15 is 0 Å². The summed E-state index contributed by atoms with van der Waals surface area (Å²) >= 11 is 0. The summed E-state index contributed by atoms with van der Waals surface area (Å²) < 4.78 is 35.8. The van der Waals surface area contributed by atoms with Crippen molar-refractivity contribution in [1.29, 1.82) is 0 Å². The van der Waals surface area contributed by atoms with Crippen molar-refractivity contribution in [2.75, 3.05) is 0 Å². The maximum atomic E-state index is 7.55. The monoisotopic (exact) mass is 1060 g/mol. The van der Waals surface area contributed by atoms with Gasteiger partial charge in [0.05, 0.1) is 88.7 Å². The van der Waals surface area contributed by atoms with Crippen LogP contribution in [0.4, 0.5) is 0 Å². The fourth-order valence-corrected chi connectivity index (χ4v) is 15.2. The SMILES string of the molecule is c1cc2c3c(c1)C1(c4ccc(-n5c6ccccc6n6c7ccccc7nc56)cc4Oc4cc(-n5c6ccccc6n6c7ccccc7nc56)ccc41)c1cccc4c1B3c1c(cc(-n3c5ccccc5n5c6ccccc6nc35)cc1O4)O2. The molecular formula is C70H38BN9O3. The van der Waals surface area contributed by atoms with Crippen molar-refractivity contribution in [2.45, 2.75) is 5.41 Å². The van der Waals surface area contributed by atoms with Crippen molar-refractivity contribution >= 4 is 107 Å². The molecule has 384 valence electrons. The smallest absolute Gasteiger partial charge is 0.261 e. The van der Waals surface area contributed by atoms with E-state index in [1.165, 1.54) is 0 Å². The Balaban J connectivity index is 0.825. The number of aromatic nitrogens is 9. The third kappa shape index (κ3) is 5.06. The van der Waals surface area contributed by atoms with Crippen LogP contribution in [0.1, 0.15) is 22.3 Å². The number of nitrogens with zero attached hydrogens (tertiary/aromatic N) is 9. The van der Waals surface area contributed by atoms with Crippen LogP contribution in [0.2, 0.25) is 0 Å². The van der Waals surface area contributed by atoms with Crippen molar-refractivity contribution in [3.63, 3.8) is 0 Å². The van der Waals surface area contributed by atoms with Gasteiger partial charge in [-0.3, -0.25) is 26.9 Å². The highest BCUT2D eigenvalue weighted by Crippen LogP contribution is 2.59. The Morgan fingerprint density at radius 3 is 1.05 bits per heavy atom. The largest absolute Gasteiger partial charge is 0.458 e. The molecule has 83 heavy (non-hydrogen) atoms. The van der Waals surface area contributed by atoms with Gasteiger partial charge in [0.15, 0.2) is 0 Å². The van der Waals surface area contributed by atoms with E-state index in [0.29, 0.717) is 0 Å². The molecule has 0 atom stereocenters. The van der Waals surface area contributed by atoms with Crippen molar-refractivity contribution in [1.82, 2.24) is 41.9 Å². The van der Waals surface area contributed by atoms with Gasteiger partial charge in [0.1, 0.15) is 34.5 Å². The van der Waals surface area contributed by atoms with E-state index in [2.05, 4.69) is 239 Å². The number of para-hydroxylation sites is 12. The lowest BCUT2D eigenvalue weighted by Gasteiger charge is -2.49. The molecular weight excluding hydrogens is 1030 g/mol. The van der Waals surface area contributed by atoms with Crippen LogP contribution >= 0.6 is 0 Å². The van der Waals surface area contributed by atoms with E-state index in [1.54, 1.807) is 0 Å². The van der Waals surface area contributed by atoms with Crippen molar-refractivity contribution < 1.29 is 14.2 Å². The van der Waals surface area contributed by atoms with Crippen LogP contribution < -0.4 is 30.6 Å². The minimum atomic E-state index is -0.917. The molecule has 0 unspecified atom stereocenters. The Labute approximate surface area is 470 Å². The summed E-state index contributed by atoms with van der Waals surface area (Å²) in [4.78, 5) is 15.8. The number of hydrogen-bond acceptors (Lipinski definition) is 6. The van der Waals surface area contributed by atoms with E-state index in [4.69, 9.17) is 29.2 Å². The van der Waals surface area contributed by atoms with Crippen LogP contribution in [0.3, 0.4) is 0 Å². The molecule has 0 bridgehead atoms. The third-order valence-corrected chi connectivity index (χ3v) is 18.4. The molecule has 17 aromatic rings. The topological polar surface area (TPSA) is 94.4 Å². The summed E-state index contributed by atoms with van der Waals surface area (Å²) in [6.45, 7) is -0.202. The zero-order chi connectivity index (χ0) is 53.6. The molecule has 4 aliphatic heterocycles. The summed E-state index contributed by atoms with van der Waals surface area (Å²) in [5, 5.41) is 0. The van der Waals surface area contributed by atoms with Gasteiger partial charge in [0, 0.05) is 40.9 Å². The van der Waals surface area contributed by atoms with E-state index in [-0.39, 0.29) is 6.71 Å². The highest BCUT2D eigenvalue weighted by Gasteiger charge is 2.57. The summed E-state index contributed by atoms with van der Waals surface area (Å²) in [6.07, 6.45) is 0. The van der Waals surface area contributed by atoms with Crippen LogP contribution in [-0.2, 0) is 5.41 Å². The molecule has 4 aliphatic rings. The molecule has 0 amide bonds. The Bertz CT molecular complexity index is 5580. The lowest BCUT2D eigenvalue weighted by molar-refractivity contribution is 0.431. The molecule has 0 fully saturated rings. The average molecular weight is 1060 g/mol. The molecule has 21 rings (SSSR count). The molecule has 12 nitrogen and oxygen atoms in total. The van der Waals surface area contributed by atoms with Crippen LogP contribution in [0, 0.1) is 0 Å². The Kier molecular flexibility index (Phi) is 7.56. The molecule has 0 saturated heterocycles. The molecule has 11 aromatic carbocycles. The zero-order valence-corrected chi connectivity index (χ0v) is 43.8. The second kappa shape index (κ2) is 14.7. The second-order valence-electron chi connectivity index (χ2n) is 22.3. The van der Waals surface area contributed by atoms with Crippen LogP contribution in [-0.4, -0.2) is 48.6 Å². The maximum Gasteiger partial charge on any atom is 0.261 e. The van der Waals surface area contributed by atoms with E-state index < -0.39 is 5.41 Å². The first kappa shape index (κ1) is 42.6. The number of rotatable bonds is 3. The van der Waals surface area contributed by atoms with Gasteiger partial charge < -0.3 is 14.2 Å². The molecule has 0 radical (unpaired) electrons. The van der Waals surface area contributed by atoms with Gasteiger partial charge in [-0.05, 0) is 119 Å². The number of imidazole rings is 6. The van der Waals surface area contributed by atoms with Crippen LogP contribution in [0.5, 0.6) is 34.5 Å². The first-order valence-corrected chi connectivity index (χ1v) is 28.0. The summed E-state index contributed by atoms with van der Waals surface area (Å²) in [5.41, 5.74) is 21.6. The van der Waals surface area contributed by atoms with E-state index in [1.807, 2.05) is 18.2 Å². The van der Waals surface area contributed by atoms with Gasteiger partial charge in [-0.25, -0.2) is 15.0 Å². The first-order chi connectivity index (χ1) is 41.2. The van der Waals surface area contributed by atoms with Gasteiger partial charge in [-0.2, -0.15) is 0 Å². The van der Waals surface area contributed by atoms with Gasteiger partial charge in [-0.15, -0.1) is 0 Å². The normalized spacial score (nSPS) is 14.1. The second-order valence-corrected chi connectivity index (χ2v) is 22.3. The van der Waals surface area contributed by atoms with E-state index in [0.717, 1.165) is 174 Å². The first-order valence-electron chi connectivity index (χ1n) is 28.0. The van der Waals surface area contributed by atoms with Crippen molar-refractivity contribution in [3.8, 4) is 51.6 Å². The molecule has 1 spiro atoms. The molecule has 0 aliphatic carbocycles. The lowest BCUT2D eigenvalue weighted by Crippen LogP contribution is -2.65. The average Bonchev–Trinajstić information content (AvgIpc) is 3.48. The summed E-state index contributed by atoms with van der Waals surface area (Å²) in [7, 11) is 0. The Hall–Kier alpha value is -11.3. The van der Waals surface area contributed by atoms with Gasteiger partial charge in [0.2, 0.25) is 17.3 Å². The third-order valence-electron chi connectivity index (χ3n) is 18.4. The molecule has 0 saturated carbocycles. The fourth-order valence-electron chi connectivity index (χ4n) is 15.2. The molecule has 13 heteroatoms. The summed E-state index contributed by atoms with van der Waals surface area (Å²) in [5.74, 6) is 7.06. The van der Waals surface area contributed by atoms with E-state index in [9.17, 15) is 0 Å². The predicted molar refractivity (Wildman–Crippen MR) is 325 cm³/mol. The Morgan fingerprint density at radius 1 is 0.277 bits per heavy atom. The number of ether oxygens (including phenoxy) is 3.